The molecule has 2 fully saturated rings. The van der Waals surface area contributed by atoms with Crippen LogP contribution in [-0.2, 0) is 19.1 Å². The van der Waals surface area contributed by atoms with E-state index in [9.17, 15) is 19.2 Å². The number of carbonyl (C=O) groups excluding carboxylic acids is 4. The Morgan fingerprint density at radius 2 is 1.62 bits per heavy atom. The van der Waals surface area contributed by atoms with Gasteiger partial charge in [-0.3, -0.25) is 19.3 Å². The number of alkyl halides is 2. The number of benzene rings is 2. The number of rotatable bonds is 5. The van der Waals surface area contributed by atoms with Gasteiger partial charge in [0.25, 0.3) is 5.91 Å². The summed E-state index contributed by atoms with van der Waals surface area (Å²) < 4.78 is 5.08. The van der Waals surface area contributed by atoms with E-state index < -0.39 is 41.1 Å². The molecule has 1 saturated heterocycles. The monoisotopic (exact) mass is 542 g/mol. The third-order valence-corrected chi connectivity index (χ3v) is 7.45. The molecule has 0 aromatic heterocycles. The highest BCUT2D eigenvalue weighted by Gasteiger charge is 2.52. The van der Waals surface area contributed by atoms with E-state index in [-0.39, 0.29) is 33.8 Å². The number of hydrogen-bond acceptors (Lipinski definition) is 5. The minimum atomic E-state index is -0.799. The first-order valence-corrected chi connectivity index (χ1v) is 12.0. The van der Waals surface area contributed by atoms with Crippen molar-refractivity contribution in [2.24, 2.45) is 11.8 Å². The van der Waals surface area contributed by atoms with Gasteiger partial charge < -0.3 is 10.1 Å². The first kappa shape index (κ1) is 24.8. The Bertz CT molecular complexity index is 1150. The Morgan fingerprint density at radius 1 is 0.971 bits per heavy atom. The number of esters is 1. The number of fused-ring (bicyclic) bond motifs is 1. The molecular formula is C23H18Cl4N2O5. The fraction of sp³-hybridized carbons (Fsp3) is 0.304. The first-order valence-electron chi connectivity index (χ1n) is 10.3. The summed E-state index contributed by atoms with van der Waals surface area (Å²) in [6, 6.07) is 10.5. The van der Waals surface area contributed by atoms with Crippen molar-refractivity contribution in [2.45, 2.75) is 23.6 Å². The summed E-state index contributed by atoms with van der Waals surface area (Å²) >= 11 is 24.3. The minimum absolute atomic E-state index is 0.0759. The van der Waals surface area contributed by atoms with E-state index in [2.05, 4.69) is 5.32 Å². The van der Waals surface area contributed by atoms with E-state index in [0.717, 1.165) is 4.90 Å². The Hall–Kier alpha value is -2.32. The lowest BCUT2D eigenvalue weighted by Crippen LogP contribution is -2.34. The van der Waals surface area contributed by atoms with Crippen molar-refractivity contribution < 1.29 is 23.9 Å². The van der Waals surface area contributed by atoms with Gasteiger partial charge >= 0.3 is 5.97 Å². The lowest BCUT2D eigenvalue weighted by Gasteiger charge is -2.28. The molecule has 1 aliphatic heterocycles. The molecule has 4 rings (SSSR count). The maximum Gasteiger partial charge on any atom is 0.338 e. The number of hydrogen-bond donors (Lipinski definition) is 1. The Morgan fingerprint density at radius 3 is 2.26 bits per heavy atom. The highest BCUT2D eigenvalue weighted by atomic mass is 35.5. The van der Waals surface area contributed by atoms with Crippen molar-refractivity contribution in [3.8, 4) is 0 Å². The SMILES string of the molecule is O=C(COC(=O)c1cccc(N2C(=O)[C@@H]3C[C@@H](Cl)[C@@H](Cl)C[C@H]3C2=O)c1)Nc1cc(Cl)ccc1Cl. The molecule has 3 amide bonds. The average molecular weight is 544 g/mol. The van der Waals surface area contributed by atoms with Gasteiger partial charge in [0.05, 0.1) is 44.6 Å². The molecule has 0 spiro atoms. The third-order valence-electron chi connectivity index (χ3n) is 5.79. The quantitative estimate of drug-likeness (QED) is 0.329. The third kappa shape index (κ3) is 5.03. The van der Waals surface area contributed by atoms with Gasteiger partial charge in [-0.25, -0.2) is 4.79 Å². The number of nitrogens with zero attached hydrogens (tertiary/aromatic N) is 1. The van der Waals surface area contributed by atoms with E-state index >= 15 is 0 Å². The van der Waals surface area contributed by atoms with Crippen LogP contribution in [0.25, 0.3) is 0 Å². The van der Waals surface area contributed by atoms with Crippen molar-refractivity contribution in [1.29, 1.82) is 0 Å². The van der Waals surface area contributed by atoms with Crippen molar-refractivity contribution in [3.63, 3.8) is 0 Å². The summed E-state index contributed by atoms with van der Waals surface area (Å²) in [6.07, 6.45) is 0.629. The van der Waals surface area contributed by atoms with Crippen LogP contribution in [0.2, 0.25) is 10.0 Å². The highest BCUT2D eigenvalue weighted by molar-refractivity contribution is 6.35. The lowest BCUT2D eigenvalue weighted by molar-refractivity contribution is -0.122. The van der Waals surface area contributed by atoms with Crippen LogP contribution in [0.15, 0.2) is 42.5 Å². The molecule has 1 saturated carbocycles. The van der Waals surface area contributed by atoms with E-state index in [1.54, 1.807) is 12.1 Å². The average Bonchev–Trinajstić information content (AvgIpc) is 3.04. The number of imide groups is 1. The van der Waals surface area contributed by atoms with E-state index in [1.807, 2.05) is 0 Å². The fourth-order valence-corrected chi connectivity index (χ4v) is 5.04. The number of nitrogens with one attached hydrogen (secondary N) is 1. The second kappa shape index (κ2) is 10.1. The van der Waals surface area contributed by atoms with Crippen LogP contribution in [-0.4, -0.2) is 41.1 Å². The number of ether oxygens (including phenoxy) is 1. The standard InChI is InChI=1S/C23H18Cl4N2O5/c24-12-4-5-16(25)19(7-12)28-20(30)10-34-23(33)11-2-1-3-13(6-11)29-21(31)14-8-17(26)18(27)9-15(14)22(29)32/h1-7,14-15,17-18H,8-10H2,(H,28,30)/t14-,15-,17-,18+/m1/s1. The molecule has 1 aliphatic carbocycles. The normalized spacial score (nSPS) is 24.1. The summed E-state index contributed by atoms with van der Waals surface area (Å²) in [4.78, 5) is 51.6. The van der Waals surface area contributed by atoms with Crippen molar-refractivity contribution >= 4 is 81.5 Å². The Kier molecular flexibility index (Phi) is 7.38. The summed E-state index contributed by atoms with van der Waals surface area (Å²) in [5.74, 6) is -3.23. The molecule has 11 heteroatoms. The second-order valence-electron chi connectivity index (χ2n) is 8.03. The summed E-state index contributed by atoms with van der Waals surface area (Å²) in [5, 5.41) is 2.37. The highest BCUT2D eigenvalue weighted by Crippen LogP contribution is 2.43. The van der Waals surface area contributed by atoms with Crippen LogP contribution in [0, 0.1) is 11.8 Å². The molecule has 1 heterocycles. The summed E-state index contributed by atoms with van der Waals surface area (Å²) in [6.45, 7) is -0.578. The van der Waals surface area contributed by atoms with Crippen LogP contribution in [0.5, 0.6) is 0 Å². The van der Waals surface area contributed by atoms with Crippen LogP contribution < -0.4 is 10.2 Å². The first-order chi connectivity index (χ1) is 16.2. The fourth-order valence-electron chi connectivity index (χ4n) is 4.12. The molecule has 0 radical (unpaired) electrons. The van der Waals surface area contributed by atoms with Gasteiger partial charge in [0.2, 0.25) is 11.8 Å². The van der Waals surface area contributed by atoms with Crippen LogP contribution in [0.1, 0.15) is 23.2 Å². The number of halogens is 4. The van der Waals surface area contributed by atoms with E-state index in [1.165, 1.54) is 30.3 Å². The Balaban J connectivity index is 1.42. The van der Waals surface area contributed by atoms with Gasteiger partial charge in [0.1, 0.15) is 0 Å². The summed E-state index contributed by atoms with van der Waals surface area (Å²) in [5.41, 5.74) is 0.598. The zero-order chi connectivity index (χ0) is 24.6. The molecule has 4 atom stereocenters. The molecule has 0 bridgehead atoms. The van der Waals surface area contributed by atoms with Gasteiger partial charge in [0.15, 0.2) is 6.61 Å². The topological polar surface area (TPSA) is 92.8 Å². The predicted molar refractivity (Wildman–Crippen MR) is 130 cm³/mol. The van der Waals surface area contributed by atoms with Crippen molar-refractivity contribution in [2.75, 3.05) is 16.8 Å². The molecular weight excluding hydrogens is 526 g/mol. The molecule has 2 aromatic rings. The summed E-state index contributed by atoms with van der Waals surface area (Å²) in [7, 11) is 0. The van der Waals surface area contributed by atoms with Crippen LogP contribution in [0.4, 0.5) is 11.4 Å². The smallest absolute Gasteiger partial charge is 0.338 e. The second-order valence-corrected chi connectivity index (χ2v) is 9.99. The van der Waals surface area contributed by atoms with Gasteiger partial charge in [-0.05, 0) is 49.2 Å². The number of carbonyl (C=O) groups is 4. The molecule has 7 nitrogen and oxygen atoms in total. The maximum atomic E-state index is 12.9. The minimum Gasteiger partial charge on any atom is -0.452 e. The zero-order valence-corrected chi connectivity index (χ0v) is 20.5. The van der Waals surface area contributed by atoms with Crippen LogP contribution in [0.3, 0.4) is 0 Å². The van der Waals surface area contributed by atoms with Gasteiger partial charge in [0, 0.05) is 5.02 Å². The predicted octanol–water partition coefficient (Wildman–Crippen LogP) is 4.90. The molecule has 2 aromatic carbocycles. The zero-order valence-electron chi connectivity index (χ0n) is 17.5. The molecule has 0 unspecified atom stereocenters. The molecule has 2 aliphatic rings. The molecule has 178 valence electrons. The van der Waals surface area contributed by atoms with E-state index in [0.29, 0.717) is 17.9 Å². The molecule has 1 N–H and O–H groups in total. The van der Waals surface area contributed by atoms with Gasteiger partial charge in [-0.1, -0.05) is 29.3 Å². The van der Waals surface area contributed by atoms with Crippen LogP contribution >= 0.6 is 46.4 Å². The van der Waals surface area contributed by atoms with E-state index in [4.69, 9.17) is 51.1 Å². The maximum absolute atomic E-state index is 12.9. The molecule has 34 heavy (non-hydrogen) atoms. The largest absolute Gasteiger partial charge is 0.452 e. The Labute approximate surface area is 215 Å². The van der Waals surface area contributed by atoms with Gasteiger partial charge in [-0.2, -0.15) is 0 Å². The lowest BCUT2D eigenvalue weighted by atomic mass is 9.80. The van der Waals surface area contributed by atoms with Gasteiger partial charge in [-0.15, -0.1) is 23.2 Å². The van der Waals surface area contributed by atoms with Crippen molar-refractivity contribution in [3.05, 3.63) is 58.1 Å². The van der Waals surface area contributed by atoms with Crippen molar-refractivity contribution in [1.82, 2.24) is 0 Å². The number of anilines is 2. The number of amides is 3.